The topological polar surface area (TPSA) is 81.9 Å². The van der Waals surface area contributed by atoms with Crippen molar-refractivity contribution in [3.05, 3.63) is 153 Å². The summed E-state index contributed by atoms with van der Waals surface area (Å²) in [6, 6.07) is 25.0. The number of hydrogen-bond acceptors (Lipinski definition) is 6. The minimum absolute atomic E-state index is 0.0970. The predicted octanol–water partition coefficient (Wildman–Crippen LogP) is 7.73. The Hall–Kier alpha value is -4.34. The molecule has 0 radical (unpaired) electrons. The first-order valence-electron chi connectivity index (χ1n) is 14.5. The van der Waals surface area contributed by atoms with E-state index in [-0.39, 0.29) is 28.1 Å². The number of aryl methyl sites for hydroxylation is 1. The summed E-state index contributed by atoms with van der Waals surface area (Å²) >= 11 is 19.9. The van der Waals surface area contributed by atoms with Crippen molar-refractivity contribution in [2.75, 3.05) is 12.4 Å². The smallest absolute Gasteiger partial charge is 0.271 e. The maximum atomic E-state index is 14.1. The Balaban J connectivity index is 1.39. The van der Waals surface area contributed by atoms with Crippen molar-refractivity contribution >= 4 is 63.8 Å². The molecule has 5 aromatic rings. The molecular formula is C36H28Cl3N3O4S. The van der Waals surface area contributed by atoms with Crippen molar-refractivity contribution < 1.29 is 14.3 Å². The summed E-state index contributed by atoms with van der Waals surface area (Å²) < 4.78 is 13.6. The molecule has 47 heavy (non-hydrogen) atoms. The van der Waals surface area contributed by atoms with Crippen molar-refractivity contribution in [3.8, 4) is 11.5 Å². The number of thiazole rings is 1. The van der Waals surface area contributed by atoms with Gasteiger partial charge in [-0.1, -0.05) is 101 Å². The third kappa shape index (κ3) is 6.73. The molecule has 6 rings (SSSR count). The third-order valence-electron chi connectivity index (χ3n) is 7.71. The molecule has 1 aromatic heterocycles. The van der Waals surface area contributed by atoms with E-state index in [2.05, 4.69) is 5.32 Å². The van der Waals surface area contributed by atoms with E-state index in [1.807, 2.05) is 73.7 Å². The molecule has 1 amide bonds. The highest BCUT2D eigenvalue weighted by molar-refractivity contribution is 7.07. The first kappa shape index (κ1) is 32.6. The average molecular weight is 705 g/mol. The molecule has 0 fully saturated rings. The van der Waals surface area contributed by atoms with Crippen molar-refractivity contribution in [3.63, 3.8) is 0 Å². The van der Waals surface area contributed by atoms with Crippen molar-refractivity contribution in [1.82, 2.24) is 4.57 Å². The molecule has 0 saturated carbocycles. The number of halogens is 3. The van der Waals surface area contributed by atoms with Crippen LogP contribution in [0.1, 0.15) is 35.2 Å². The molecule has 2 heterocycles. The fourth-order valence-electron chi connectivity index (χ4n) is 5.43. The van der Waals surface area contributed by atoms with Gasteiger partial charge < -0.3 is 14.8 Å². The number of rotatable bonds is 8. The summed E-state index contributed by atoms with van der Waals surface area (Å²) in [6.45, 7) is 3.83. The van der Waals surface area contributed by atoms with Crippen LogP contribution in [0.4, 0.5) is 5.69 Å². The van der Waals surface area contributed by atoms with Crippen molar-refractivity contribution in [1.29, 1.82) is 0 Å². The highest BCUT2D eigenvalue weighted by Crippen LogP contribution is 2.37. The Bertz CT molecular complexity index is 2210. The van der Waals surface area contributed by atoms with Crippen LogP contribution in [0.2, 0.25) is 15.1 Å². The Kier molecular flexibility index (Phi) is 9.57. The van der Waals surface area contributed by atoms with Gasteiger partial charge in [0.15, 0.2) is 10.6 Å². The lowest BCUT2D eigenvalue weighted by Gasteiger charge is -2.25. The number of hydrogen-bond donors (Lipinski definition) is 1. The van der Waals surface area contributed by atoms with Gasteiger partial charge in [-0.05, 0) is 66.9 Å². The average Bonchev–Trinajstić information content (AvgIpc) is 3.35. The molecule has 1 aliphatic rings. The summed E-state index contributed by atoms with van der Waals surface area (Å²) in [5.41, 5.74) is 4.57. The molecule has 0 aliphatic carbocycles. The first-order valence-corrected chi connectivity index (χ1v) is 16.5. The lowest BCUT2D eigenvalue weighted by molar-refractivity contribution is -0.113. The highest BCUT2D eigenvalue weighted by atomic mass is 35.5. The number of ether oxygens (including phenoxy) is 2. The summed E-state index contributed by atoms with van der Waals surface area (Å²) in [5.74, 6) is 0.579. The third-order valence-corrected chi connectivity index (χ3v) is 9.47. The lowest BCUT2D eigenvalue weighted by atomic mass is 9.95. The largest absolute Gasteiger partial charge is 0.496 e. The van der Waals surface area contributed by atoms with E-state index in [0.29, 0.717) is 48.4 Å². The summed E-state index contributed by atoms with van der Waals surface area (Å²) in [5, 5.41) is 4.01. The molecule has 4 aromatic carbocycles. The Morgan fingerprint density at radius 1 is 0.979 bits per heavy atom. The SMILES string of the molecule is COc1ccc(C=c2sc3n(c2=O)C(c2ccccc2)C(C(=O)Nc2ccccc2C)=C(C)N=3)cc1COc1c(Cl)cc(Cl)cc1Cl. The fourth-order valence-corrected chi connectivity index (χ4v) is 7.41. The Morgan fingerprint density at radius 2 is 1.68 bits per heavy atom. The molecule has 1 unspecified atom stereocenters. The minimum atomic E-state index is -0.674. The lowest BCUT2D eigenvalue weighted by Crippen LogP contribution is -2.40. The van der Waals surface area contributed by atoms with Gasteiger partial charge in [0.1, 0.15) is 12.4 Å². The van der Waals surface area contributed by atoms with Gasteiger partial charge in [0.05, 0.1) is 39.0 Å². The van der Waals surface area contributed by atoms with Gasteiger partial charge in [-0.15, -0.1) is 0 Å². The van der Waals surface area contributed by atoms with E-state index in [0.717, 1.165) is 16.7 Å². The zero-order chi connectivity index (χ0) is 33.2. The summed E-state index contributed by atoms with van der Waals surface area (Å²) in [7, 11) is 1.57. The molecule has 0 spiro atoms. The molecule has 0 bridgehead atoms. The second-order valence-corrected chi connectivity index (χ2v) is 13.1. The molecule has 11 heteroatoms. The highest BCUT2D eigenvalue weighted by Gasteiger charge is 2.32. The zero-order valence-electron chi connectivity index (χ0n) is 25.5. The Labute approximate surface area is 290 Å². The minimum Gasteiger partial charge on any atom is -0.496 e. The Morgan fingerprint density at radius 3 is 2.38 bits per heavy atom. The van der Waals surface area contributed by atoms with Gasteiger partial charge in [0.2, 0.25) is 0 Å². The number of fused-ring (bicyclic) bond motifs is 1. The zero-order valence-corrected chi connectivity index (χ0v) is 28.6. The van der Waals surface area contributed by atoms with Crippen LogP contribution in [0.3, 0.4) is 0 Å². The van der Waals surface area contributed by atoms with Gasteiger partial charge in [-0.25, -0.2) is 4.99 Å². The first-order chi connectivity index (χ1) is 22.6. The number of methoxy groups -OCH3 is 1. The molecule has 1 atom stereocenters. The van der Waals surface area contributed by atoms with E-state index in [1.165, 1.54) is 11.3 Å². The summed E-state index contributed by atoms with van der Waals surface area (Å²) in [4.78, 5) is 33.3. The number of carbonyl (C=O) groups is 1. The fraction of sp³-hybridized carbons (Fsp3) is 0.139. The number of allylic oxidation sites excluding steroid dienone is 1. The molecular weight excluding hydrogens is 677 g/mol. The number of carbonyl (C=O) groups excluding carboxylic acids is 1. The number of aromatic nitrogens is 1. The van der Waals surface area contributed by atoms with E-state index in [1.54, 1.807) is 42.9 Å². The molecule has 238 valence electrons. The predicted molar refractivity (Wildman–Crippen MR) is 189 cm³/mol. The van der Waals surface area contributed by atoms with Crippen LogP contribution in [-0.2, 0) is 11.4 Å². The van der Waals surface area contributed by atoms with Gasteiger partial charge >= 0.3 is 0 Å². The maximum Gasteiger partial charge on any atom is 0.271 e. The molecule has 1 N–H and O–H groups in total. The second-order valence-electron chi connectivity index (χ2n) is 10.8. The van der Waals surface area contributed by atoms with Gasteiger partial charge in [0.25, 0.3) is 11.5 Å². The van der Waals surface area contributed by atoms with Crippen LogP contribution in [0.25, 0.3) is 6.08 Å². The number of nitrogens with one attached hydrogen (secondary N) is 1. The van der Waals surface area contributed by atoms with E-state index in [4.69, 9.17) is 49.3 Å². The quantitative estimate of drug-likeness (QED) is 0.179. The van der Waals surface area contributed by atoms with Crippen LogP contribution in [0, 0.1) is 6.92 Å². The van der Waals surface area contributed by atoms with Crippen LogP contribution in [-0.4, -0.2) is 17.6 Å². The van der Waals surface area contributed by atoms with E-state index < -0.39 is 6.04 Å². The molecule has 7 nitrogen and oxygen atoms in total. The number of para-hydroxylation sites is 1. The number of benzene rings is 4. The van der Waals surface area contributed by atoms with Gasteiger partial charge in [-0.2, -0.15) is 0 Å². The van der Waals surface area contributed by atoms with Crippen molar-refractivity contribution in [2.24, 2.45) is 4.99 Å². The second kappa shape index (κ2) is 13.8. The molecule has 0 saturated heterocycles. The number of amides is 1. The van der Waals surface area contributed by atoms with Crippen LogP contribution in [0.5, 0.6) is 11.5 Å². The van der Waals surface area contributed by atoms with Crippen LogP contribution in [0.15, 0.2) is 106 Å². The number of nitrogens with zero attached hydrogens (tertiary/aromatic N) is 2. The maximum absolute atomic E-state index is 14.1. The summed E-state index contributed by atoms with van der Waals surface area (Å²) in [6.07, 6.45) is 1.80. The van der Waals surface area contributed by atoms with E-state index >= 15 is 0 Å². The monoisotopic (exact) mass is 703 g/mol. The van der Waals surface area contributed by atoms with Gasteiger partial charge in [-0.3, -0.25) is 14.2 Å². The number of anilines is 1. The van der Waals surface area contributed by atoms with E-state index in [9.17, 15) is 9.59 Å². The van der Waals surface area contributed by atoms with Crippen LogP contribution >= 0.6 is 46.1 Å². The van der Waals surface area contributed by atoms with Crippen LogP contribution < -0.4 is 29.7 Å². The standard InChI is InChI=1S/C36H28Cl3N3O4S/c1-20-9-7-8-12-28(20)41-34(43)31-21(2)40-36-42(32(31)23-10-5-4-6-11-23)35(44)30(47-36)16-22-13-14-29(45-3)24(15-22)19-46-33-26(38)17-25(37)18-27(33)39/h4-18,32H,19H2,1-3H3,(H,41,43). The van der Waals surface area contributed by atoms with Gasteiger partial charge in [0, 0.05) is 16.3 Å². The van der Waals surface area contributed by atoms with Crippen molar-refractivity contribution in [2.45, 2.75) is 26.5 Å². The normalized spacial score (nSPS) is 14.4. The molecule has 1 aliphatic heterocycles.